The first-order valence-electron chi connectivity index (χ1n) is 9.92. The summed E-state index contributed by atoms with van der Waals surface area (Å²) in [6, 6.07) is 14.0. The third-order valence-corrected chi connectivity index (χ3v) is 5.44. The predicted octanol–water partition coefficient (Wildman–Crippen LogP) is 3.74. The number of hydrogen-bond donors (Lipinski definition) is 0. The Hall–Kier alpha value is -3.46. The molecule has 1 aromatic carbocycles. The SMILES string of the molecule is Cc1nc(-c2cccnc2)nc(N2CCCN(c3ccccc3C#N)CC2)c1C. The lowest BCUT2D eigenvalue weighted by Crippen LogP contribution is -2.32. The lowest BCUT2D eigenvalue weighted by atomic mass is 10.1. The van der Waals surface area contributed by atoms with E-state index in [1.54, 1.807) is 12.4 Å². The van der Waals surface area contributed by atoms with Crippen LogP contribution in [-0.4, -0.2) is 41.1 Å². The molecule has 3 aromatic rings. The molecule has 1 aliphatic heterocycles. The molecule has 4 rings (SSSR count). The van der Waals surface area contributed by atoms with Gasteiger partial charge in [-0.2, -0.15) is 5.26 Å². The Kier molecular flexibility index (Phi) is 5.39. The summed E-state index contributed by atoms with van der Waals surface area (Å²) in [5.74, 6) is 1.71. The van der Waals surface area contributed by atoms with E-state index in [9.17, 15) is 5.26 Å². The first kappa shape index (κ1) is 18.9. The molecule has 0 spiro atoms. The van der Waals surface area contributed by atoms with Crippen LogP contribution in [0.4, 0.5) is 11.5 Å². The van der Waals surface area contributed by atoms with Gasteiger partial charge in [0.2, 0.25) is 0 Å². The number of nitriles is 1. The molecule has 0 unspecified atom stereocenters. The molecule has 6 heteroatoms. The van der Waals surface area contributed by atoms with Crippen LogP contribution in [0.3, 0.4) is 0 Å². The standard InChI is InChI=1S/C23H24N6/c1-17-18(2)26-22(20-8-5-10-25-16-20)27-23(17)29-12-6-11-28(13-14-29)21-9-4-3-7-19(21)15-24/h3-5,7-10,16H,6,11-14H2,1-2H3. The molecular weight excluding hydrogens is 360 g/mol. The monoisotopic (exact) mass is 384 g/mol. The van der Waals surface area contributed by atoms with E-state index in [2.05, 4.69) is 32.8 Å². The van der Waals surface area contributed by atoms with E-state index in [0.717, 1.165) is 66.5 Å². The summed E-state index contributed by atoms with van der Waals surface area (Å²) in [5, 5.41) is 9.45. The van der Waals surface area contributed by atoms with Crippen LogP contribution in [0.5, 0.6) is 0 Å². The summed E-state index contributed by atoms with van der Waals surface area (Å²) >= 11 is 0. The highest BCUT2D eigenvalue weighted by Crippen LogP contribution is 2.27. The van der Waals surface area contributed by atoms with E-state index in [1.165, 1.54) is 0 Å². The largest absolute Gasteiger partial charge is 0.369 e. The van der Waals surface area contributed by atoms with Gasteiger partial charge in [0.25, 0.3) is 0 Å². The fourth-order valence-electron chi connectivity index (χ4n) is 3.76. The Morgan fingerprint density at radius 1 is 0.931 bits per heavy atom. The zero-order valence-corrected chi connectivity index (χ0v) is 16.8. The van der Waals surface area contributed by atoms with Crippen molar-refractivity contribution in [3.63, 3.8) is 0 Å². The van der Waals surface area contributed by atoms with E-state index >= 15 is 0 Å². The summed E-state index contributed by atoms with van der Waals surface area (Å²) < 4.78 is 0. The third kappa shape index (κ3) is 3.90. The molecule has 0 radical (unpaired) electrons. The van der Waals surface area contributed by atoms with Crippen molar-refractivity contribution in [2.24, 2.45) is 0 Å². The average molecular weight is 384 g/mol. The van der Waals surface area contributed by atoms with Gasteiger partial charge in [0.15, 0.2) is 5.82 Å². The Morgan fingerprint density at radius 3 is 2.52 bits per heavy atom. The Morgan fingerprint density at radius 2 is 1.72 bits per heavy atom. The lowest BCUT2D eigenvalue weighted by molar-refractivity contribution is 0.790. The van der Waals surface area contributed by atoms with Gasteiger partial charge >= 0.3 is 0 Å². The van der Waals surface area contributed by atoms with Crippen LogP contribution < -0.4 is 9.80 Å². The Balaban J connectivity index is 1.61. The normalized spacial score (nSPS) is 14.4. The van der Waals surface area contributed by atoms with E-state index in [0.29, 0.717) is 5.82 Å². The molecule has 2 aromatic heterocycles. The molecule has 1 fully saturated rings. The van der Waals surface area contributed by atoms with Crippen LogP contribution in [0.15, 0.2) is 48.8 Å². The van der Waals surface area contributed by atoms with E-state index in [4.69, 9.17) is 4.98 Å². The maximum absolute atomic E-state index is 9.45. The van der Waals surface area contributed by atoms with Gasteiger partial charge in [0, 0.05) is 55.4 Å². The molecule has 0 saturated carbocycles. The molecule has 6 nitrogen and oxygen atoms in total. The number of hydrogen-bond acceptors (Lipinski definition) is 6. The first-order chi connectivity index (χ1) is 14.2. The number of para-hydroxylation sites is 1. The van der Waals surface area contributed by atoms with Crippen LogP contribution >= 0.6 is 0 Å². The third-order valence-electron chi connectivity index (χ3n) is 5.44. The second-order valence-corrected chi connectivity index (χ2v) is 7.28. The first-order valence-corrected chi connectivity index (χ1v) is 9.92. The van der Waals surface area contributed by atoms with Gasteiger partial charge in [-0.25, -0.2) is 9.97 Å². The molecule has 146 valence electrons. The second kappa shape index (κ2) is 8.27. The van der Waals surface area contributed by atoms with Crippen LogP contribution in [0.1, 0.15) is 23.2 Å². The topological polar surface area (TPSA) is 68.9 Å². The van der Waals surface area contributed by atoms with E-state index in [-0.39, 0.29) is 0 Å². The van der Waals surface area contributed by atoms with Crippen molar-refractivity contribution in [3.05, 3.63) is 65.6 Å². The summed E-state index contributed by atoms with van der Waals surface area (Å²) in [4.78, 5) is 18.4. The molecule has 29 heavy (non-hydrogen) atoms. The number of aryl methyl sites for hydroxylation is 1. The molecular formula is C23H24N6. The van der Waals surface area contributed by atoms with Gasteiger partial charge in [-0.3, -0.25) is 4.98 Å². The number of aromatic nitrogens is 3. The van der Waals surface area contributed by atoms with Gasteiger partial charge in [0.1, 0.15) is 11.9 Å². The van der Waals surface area contributed by atoms with Gasteiger partial charge in [0.05, 0.1) is 11.3 Å². The summed E-state index contributed by atoms with van der Waals surface area (Å²) in [6.45, 7) is 7.68. The van der Waals surface area contributed by atoms with Crippen LogP contribution in [0.25, 0.3) is 11.4 Å². The second-order valence-electron chi connectivity index (χ2n) is 7.28. The highest BCUT2D eigenvalue weighted by molar-refractivity contribution is 5.61. The minimum absolute atomic E-state index is 0.715. The van der Waals surface area contributed by atoms with Crippen molar-refractivity contribution in [2.75, 3.05) is 36.0 Å². The summed E-state index contributed by atoms with van der Waals surface area (Å²) in [6.07, 6.45) is 4.56. The fraction of sp³-hybridized carbons (Fsp3) is 0.304. The Labute approximate surface area is 171 Å². The van der Waals surface area contributed by atoms with Crippen molar-refractivity contribution in [2.45, 2.75) is 20.3 Å². The molecule has 3 heterocycles. The van der Waals surface area contributed by atoms with Crippen molar-refractivity contribution in [3.8, 4) is 17.5 Å². The molecule has 1 saturated heterocycles. The minimum Gasteiger partial charge on any atom is -0.369 e. The summed E-state index contributed by atoms with van der Waals surface area (Å²) in [5.41, 5.74) is 4.78. The molecule has 0 N–H and O–H groups in total. The summed E-state index contributed by atoms with van der Waals surface area (Å²) in [7, 11) is 0. The quantitative estimate of drug-likeness (QED) is 0.685. The number of benzene rings is 1. The number of anilines is 2. The van der Waals surface area contributed by atoms with Crippen molar-refractivity contribution in [1.29, 1.82) is 5.26 Å². The average Bonchev–Trinajstić information content (AvgIpc) is 3.02. The molecule has 0 aliphatic carbocycles. The van der Waals surface area contributed by atoms with Gasteiger partial charge in [-0.15, -0.1) is 0 Å². The predicted molar refractivity (Wildman–Crippen MR) is 115 cm³/mol. The van der Waals surface area contributed by atoms with Crippen molar-refractivity contribution in [1.82, 2.24) is 15.0 Å². The number of rotatable bonds is 3. The highest BCUT2D eigenvalue weighted by atomic mass is 15.3. The zero-order chi connectivity index (χ0) is 20.2. The molecule has 0 bridgehead atoms. The highest BCUT2D eigenvalue weighted by Gasteiger charge is 2.21. The molecule has 1 aliphatic rings. The number of nitrogens with zero attached hydrogens (tertiary/aromatic N) is 6. The molecule has 0 atom stereocenters. The Bertz CT molecular complexity index is 1040. The maximum atomic E-state index is 9.45. The van der Waals surface area contributed by atoms with E-state index in [1.807, 2.05) is 43.3 Å². The molecule has 0 amide bonds. The van der Waals surface area contributed by atoms with Crippen LogP contribution in [0, 0.1) is 25.2 Å². The maximum Gasteiger partial charge on any atom is 0.163 e. The van der Waals surface area contributed by atoms with E-state index < -0.39 is 0 Å². The fourth-order valence-corrected chi connectivity index (χ4v) is 3.76. The zero-order valence-electron chi connectivity index (χ0n) is 16.8. The van der Waals surface area contributed by atoms with Gasteiger partial charge < -0.3 is 9.80 Å². The lowest BCUT2D eigenvalue weighted by Gasteiger charge is -2.26. The van der Waals surface area contributed by atoms with Crippen LogP contribution in [-0.2, 0) is 0 Å². The van der Waals surface area contributed by atoms with Crippen LogP contribution in [0.2, 0.25) is 0 Å². The van der Waals surface area contributed by atoms with Crippen molar-refractivity contribution < 1.29 is 0 Å². The number of pyridine rings is 1. The smallest absolute Gasteiger partial charge is 0.163 e. The minimum atomic E-state index is 0.715. The van der Waals surface area contributed by atoms with Crippen molar-refractivity contribution >= 4 is 11.5 Å². The van der Waals surface area contributed by atoms with Gasteiger partial charge in [-0.05, 0) is 44.5 Å². The van der Waals surface area contributed by atoms with Gasteiger partial charge in [-0.1, -0.05) is 12.1 Å².